The lowest BCUT2D eigenvalue weighted by Crippen LogP contribution is -2.32. The Labute approximate surface area is 127 Å². The van der Waals surface area contributed by atoms with Crippen LogP contribution in [0.15, 0.2) is 18.2 Å². The molecule has 21 heavy (non-hydrogen) atoms. The molecular formula is C18H24N2O. The second-order valence-electron chi connectivity index (χ2n) is 6.24. The summed E-state index contributed by atoms with van der Waals surface area (Å²) in [5.41, 5.74) is 8.33. The van der Waals surface area contributed by atoms with Gasteiger partial charge < -0.3 is 11.1 Å². The van der Waals surface area contributed by atoms with E-state index >= 15 is 0 Å². The van der Waals surface area contributed by atoms with Gasteiger partial charge in [-0.1, -0.05) is 31.8 Å². The smallest absolute Gasteiger partial charge is 0.251 e. The van der Waals surface area contributed by atoms with Crippen molar-refractivity contribution in [1.29, 1.82) is 0 Å². The summed E-state index contributed by atoms with van der Waals surface area (Å²) >= 11 is 0. The number of rotatable bonds is 4. The third-order valence-electron chi connectivity index (χ3n) is 4.54. The Balaban J connectivity index is 2.06. The summed E-state index contributed by atoms with van der Waals surface area (Å²) in [4.78, 5) is 12.3. The number of amides is 1. The van der Waals surface area contributed by atoms with Gasteiger partial charge in [-0.3, -0.25) is 4.79 Å². The Morgan fingerprint density at radius 1 is 1.43 bits per heavy atom. The van der Waals surface area contributed by atoms with Crippen molar-refractivity contribution in [1.82, 2.24) is 5.32 Å². The van der Waals surface area contributed by atoms with Gasteiger partial charge >= 0.3 is 0 Å². The molecule has 3 nitrogen and oxygen atoms in total. The fraction of sp³-hybridized carbons (Fsp3) is 0.500. The highest BCUT2D eigenvalue weighted by atomic mass is 16.1. The van der Waals surface area contributed by atoms with Gasteiger partial charge in [0.1, 0.15) is 0 Å². The summed E-state index contributed by atoms with van der Waals surface area (Å²) < 4.78 is 0. The maximum Gasteiger partial charge on any atom is 0.251 e. The molecule has 2 rings (SSSR count). The van der Waals surface area contributed by atoms with Crippen LogP contribution in [0.3, 0.4) is 0 Å². The van der Waals surface area contributed by atoms with E-state index in [1.807, 2.05) is 25.1 Å². The van der Waals surface area contributed by atoms with Crippen LogP contribution in [0, 0.1) is 30.1 Å². The molecule has 1 aromatic carbocycles. The zero-order chi connectivity index (χ0) is 15.5. The number of carbonyl (C=O) groups is 1. The van der Waals surface area contributed by atoms with Gasteiger partial charge in [-0.25, -0.2) is 0 Å². The average Bonchev–Trinajstić information content (AvgIpc) is 3.25. The summed E-state index contributed by atoms with van der Waals surface area (Å²) in [7, 11) is 0. The highest BCUT2D eigenvalue weighted by Crippen LogP contribution is 2.51. The molecule has 1 fully saturated rings. The van der Waals surface area contributed by atoms with E-state index in [9.17, 15) is 4.79 Å². The second-order valence-corrected chi connectivity index (χ2v) is 6.24. The molecule has 112 valence electrons. The van der Waals surface area contributed by atoms with E-state index in [0.717, 1.165) is 17.7 Å². The molecule has 0 atom stereocenters. The molecule has 3 N–H and O–H groups in total. The predicted molar refractivity (Wildman–Crippen MR) is 85.9 cm³/mol. The lowest BCUT2D eigenvalue weighted by atomic mass is 9.92. The number of nitrogens with one attached hydrogen (secondary N) is 1. The largest absolute Gasteiger partial charge is 0.351 e. The van der Waals surface area contributed by atoms with Gasteiger partial charge in [0.15, 0.2) is 0 Å². The molecule has 0 unspecified atom stereocenters. The van der Waals surface area contributed by atoms with Gasteiger partial charge in [0.05, 0.1) is 6.54 Å². The van der Waals surface area contributed by atoms with Gasteiger partial charge in [-0.2, -0.15) is 0 Å². The Hall–Kier alpha value is -1.79. The summed E-state index contributed by atoms with van der Waals surface area (Å²) in [6.45, 7) is 7.53. The van der Waals surface area contributed by atoms with Gasteiger partial charge in [0.25, 0.3) is 5.91 Å². The van der Waals surface area contributed by atoms with Crippen molar-refractivity contribution in [3.05, 3.63) is 34.9 Å². The standard InChI is InChI=1S/C18H24N2O/c1-13(2)18(8-9-18)12-20-17(21)16-7-6-14(3)15(11-16)5-4-10-19/h6-7,11,13H,8-10,12,19H2,1-3H3,(H,20,21). The van der Waals surface area contributed by atoms with Crippen molar-refractivity contribution >= 4 is 5.91 Å². The molecular weight excluding hydrogens is 260 g/mol. The van der Waals surface area contributed by atoms with Crippen LogP contribution in [0.25, 0.3) is 0 Å². The first-order valence-corrected chi connectivity index (χ1v) is 7.56. The number of aryl methyl sites for hydroxylation is 1. The maximum absolute atomic E-state index is 12.3. The average molecular weight is 284 g/mol. The molecule has 3 heteroatoms. The van der Waals surface area contributed by atoms with Crippen molar-refractivity contribution in [3.63, 3.8) is 0 Å². The molecule has 0 saturated heterocycles. The monoisotopic (exact) mass is 284 g/mol. The second kappa shape index (κ2) is 6.32. The number of nitrogens with two attached hydrogens (primary N) is 1. The quantitative estimate of drug-likeness (QED) is 0.835. The molecule has 1 amide bonds. The third-order valence-corrected chi connectivity index (χ3v) is 4.54. The Morgan fingerprint density at radius 2 is 2.14 bits per heavy atom. The minimum absolute atomic E-state index is 0.0160. The number of hydrogen-bond donors (Lipinski definition) is 2. The fourth-order valence-electron chi connectivity index (χ4n) is 2.52. The zero-order valence-corrected chi connectivity index (χ0v) is 13.1. The van der Waals surface area contributed by atoms with Gasteiger partial charge in [-0.15, -0.1) is 0 Å². The molecule has 0 bridgehead atoms. The first-order chi connectivity index (χ1) is 9.98. The molecule has 0 spiro atoms. The summed E-state index contributed by atoms with van der Waals surface area (Å²) in [6, 6.07) is 5.64. The summed E-state index contributed by atoms with van der Waals surface area (Å²) in [5, 5.41) is 3.07. The molecule has 1 aliphatic carbocycles. The van der Waals surface area contributed by atoms with Crippen LogP contribution in [0.4, 0.5) is 0 Å². The lowest BCUT2D eigenvalue weighted by Gasteiger charge is -2.20. The van der Waals surface area contributed by atoms with E-state index < -0.39 is 0 Å². The summed E-state index contributed by atoms with van der Waals surface area (Å²) in [6.07, 6.45) is 2.43. The minimum Gasteiger partial charge on any atom is -0.351 e. The SMILES string of the molecule is Cc1ccc(C(=O)NCC2(C(C)C)CC2)cc1C#CCN. The predicted octanol–water partition coefficient (Wildman–Crippen LogP) is 2.47. The first-order valence-electron chi connectivity index (χ1n) is 7.56. The number of hydrogen-bond acceptors (Lipinski definition) is 2. The molecule has 0 heterocycles. The molecule has 1 aliphatic rings. The fourth-order valence-corrected chi connectivity index (χ4v) is 2.52. The molecule has 0 aliphatic heterocycles. The number of benzene rings is 1. The van der Waals surface area contributed by atoms with Gasteiger partial charge in [0.2, 0.25) is 0 Å². The molecule has 0 aromatic heterocycles. The highest BCUT2D eigenvalue weighted by molar-refractivity contribution is 5.94. The maximum atomic E-state index is 12.3. The van der Waals surface area contributed by atoms with E-state index in [1.165, 1.54) is 12.8 Å². The highest BCUT2D eigenvalue weighted by Gasteiger charge is 2.45. The molecule has 1 aromatic rings. The Bertz CT molecular complexity index is 589. The van der Waals surface area contributed by atoms with E-state index in [-0.39, 0.29) is 5.91 Å². The Morgan fingerprint density at radius 3 is 2.71 bits per heavy atom. The van der Waals surface area contributed by atoms with Crippen LogP contribution in [0.2, 0.25) is 0 Å². The normalized spacial score (nSPS) is 15.3. The lowest BCUT2D eigenvalue weighted by molar-refractivity contribution is 0.0939. The van der Waals surface area contributed by atoms with Crippen LogP contribution < -0.4 is 11.1 Å². The van der Waals surface area contributed by atoms with Gasteiger partial charge in [0, 0.05) is 17.7 Å². The van der Waals surface area contributed by atoms with E-state index in [2.05, 4.69) is 31.0 Å². The van der Waals surface area contributed by atoms with Crippen molar-refractivity contribution in [3.8, 4) is 11.8 Å². The van der Waals surface area contributed by atoms with E-state index in [1.54, 1.807) is 0 Å². The topological polar surface area (TPSA) is 55.1 Å². The van der Waals surface area contributed by atoms with Crippen LogP contribution in [0.5, 0.6) is 0 Å². The van der Waals surface area contributed by atoms with Crippen molar-refractivity contribution in [2.24, 2.45) is 17.1 Å². The van der Waals surface area contributed by atoms with Crippen LogP contribution in [-0.2, 0) is 0 Å². The minimum atomic E-state index is -0.0160. The van der Waals surface area contributed by atoms with Crippen molar-refractivity contribution in [2.45, 2.75) is 33.6 Å². The molecule has 0 radical (unpaired) electrons. The van der Waals surface area contributed by atoms with Crippen LogP contribution in [0.1, 0.15) is 48.2 Å². The molecule has 1 saturated carbocycles. The summed E-state index contributed by atoms with van der Waals surface area (Å²) in [5.74, 6) is 6.45. The first kappa shape index (κ1) is 15.6. The van der Waals surface area contributed by atoms with E-state index in [0.29, 0.717) is 23.4 Å². The third kappa shape index (κ3) is 3.65. The van der Waals surface area contributed by atoms with Gasteiger partial charge in [-0.05, 0) is 48.8 Å². The Kier molecular flexibility index (Phi) is 4.69. The van der Waals surface area contributed by atoms with Crippen LogP contribution >= 0.6 is 0 Å². The van der Waals surface area contributed by atoms with Crippen LogP contribution in [-0.4, -0.2) is 19.0 Å². The number of carbonyl (C=O) groups excluding carboxylic acids is 1. The van der Waals surface area contributed by atoms with E-state index in [4.69, 9.17) is 5.73 Å². The zero-order valence-electron chi connectivity index (χ0n) is 13.1. The van der Waals surface area contributed by atoms with Crippen molar-refractivity contribution < 1.29 is 4.79 Å². The van der Waals surface area contributed by atoms with Crippen molar-refractivity contribution in [2.75, 3.05) is 13.1 Å².